The molecule has 2 N–H and O–H groups in total. The lowest BCUT2D eigenvalue weighted by Crippen LogP contribution is -2.35. The van der Waals surface area contributed by atoms with Gasteiger partial charge in [-0.2, -0.15) is 0 Å². The van der Waals surface area contributed by atoms with Crippen LogP contribution in [-0.2, 0) is 11.2 Å². The molecule has 22 heavy (non-hydrogen) atoms. The molecule has 3 nitrogen and oxygen atoms in total. The molecule has 0 aliphatic carbocycles. The van der Waals surface area contributed by atoms with E-state index in [0.717, 1.165) is 12.8 Å². The van der Waals surface area contributed by atoms with Gasteiger partial charge in [-0.1, -0.05) is 56.2 Å². The van der Waals surface area contributed by atoms with Crippen molar-refractivity contribution in [1.29, 1.82) is 0 Å². The first-order chi connectivity index (χ1) is 10.7. The summed E-state index contributed by atoms with van der Waals surface area (Å²) in [6.45, 7) is 3.98. The van der Waals surface area contributed by atoms with Crippen molar-refractivity contribution in [1.82, 2.24) is 5.32 Å². The van der Waals surface area contributed by atoms with Gasteiger partial charge in [0.25, 0.3) is 0 Å². The maximum atomic E-state index is 11.7. The van der Waals surface area contributed by atoms with E-state index in [1.807, 2.05) is 6.07 Å². The highest BCUT2D eigenvalue weighted by Crippen LogP contribution is 2.10. The van der Waals surface area contributed by atoms with Gasteiger partial charge in [0.2, 0.25) is 5.91 Å². The molecular formula is C19H29NO2. The first-order valence-electron chi connectivity index (χ1n) is 8.31. The van der Waals surface area contributed by atoms with E-state index in [4.69, 9.17) is 5.11 Å². The summed E-state index contributed by atoms with van der Waals surface area (Å²) in [6.07, 6.45) is 10.5. The molecule has 0 aliphatic rings. The molecule has 1 rings (SSSR count). The number of aryl methyl sites for hydroxylation is 1. The second-order valence-electron chi connectivity index (χ2n) is 5.79. The second kappa shape index (κ2) is 11.0. The molecule has 3 heteroatoms. The molecule has 1 atom stereocenters. The zero-order valence-electron chi connectivity index (χ0n) is 13.8. The van der Waals surface area contributed by atoms with E-state index in [2.05, 4.69) is 42.6 Å². The monoisotopic (exact) mass is 303 g/mol. The molecule has 0 aromatic heterocycles. The van der Waals surface area contributed by atoms with Crippen molar-refractivity contribution in [2.75, 3.05) is 6.61 Å². The molecule has 1 amide bonds. The molecular weight excluding hydrogens is 274 g/mol. The molecule has 0 bridgehead atoms. The summed E-state index contributed by atoms with van der Waals surface area (Å²) in [5, 5.41) is 11.7. The predicted octanol–water partition coefficient (Wildman–Crippen LogP) is 3.71. The zero-order chi connectivity index (χ0) is 16.2. The summed E-state index contributed by atoms with van der Waals surface area (Å²) in [6, 6.07) is 8.14. The van der Waals surface area contributed by atoms with E-state index in [1.165, 1.54) is 30.4 Å². The van der Waals surface area contributed by atoms with Crippen LogP contribution in [0.4, 0.5) is 0 Å². The van der Waals surface area contributed by atoms with Gasteiger partial charge < -0.3 is 10.4 Å². The summed E-state index contributed by atoms with van der Waals surface area (Å²) in [5.41, 5.74) is 2.36. The SMILES string of the molecule is CCCCC/C=C\c1cccc(CCC(=O)NC(C)CO)c1. The summed E-state index contributed by atoms with van der Waals surface area (Å²) in [5.74, 6) is -0.0120. The number of nitrogens with one attached hydrogen (secondary N) is 1. The van der Waals surface area contributed by atoms with Crippen LogP contribution in [0.3, 0.4) is 0 Å². The van der Waals surface area contributed by atoms with Gasteiger partial charge in [0.1, 0.15) is 0 Å². The third kappa shape index (κ3) is 7.99. The smallest absolute Gasteiger partial charge is 0.220 e. The molecule has 1 unspecified atom stereocenters. The van der Waals surface area contributed by atoms with Crippen molar-refractivity contribution in [3.63, 3.8) is 0 Å². The minimum Gasteiger partial charge on any atom is -0.394 e. The number of allylic oxidation sites excluding steroid dienone is 1. The van der Waals surface area contributed by atoms with E-state index in [9.17, 15) is 4.79 Å². The van der Waals surface area contributed by atoms with E-state index >= 15 is 0 Å². The van der Waals surface area contributed by atoms with E-state index in [-0.39, 0.29) is 18.6 Å². The van der Waals surface area contributed by atoms with Crippen LogP contribution in [0.25, 0.3) is 6.08 Å². The number of carbonyl (C=O) groups excluding carboxylic acids is 1. The Bertz CT molecular complexity index is 468. The van der Waals surface area contributed by atoms with Crippen LogP contribution in [0.5, 0.6) is 0 Å². The highest BCUT2D eigenvalue weighted by atomic mass is 16.3. The number of carbonyl (C=O) groups is 1. The van der Waals surface area contributed by atoms with Gasteiger partial charge in [0.05, 0.1) is 6.61 Å². The predicted molar refractivity (Wildman–Crippen MR) is 92.6 cm³/mol. The fraction of sp³-hybridized carbons (Fsp3) is 0.526. The highest BCUT2D eigenvalue weighted by Gasteiger charge is 2.06. The lowest BCUT2D eigenvalue weighted by molar-refractivity contribution is -0.121. The standard InChI is InChI=1S/C19H29NO2/c1-3-4-5-6-7-9-17-10-8-11-18(14-17)12-13-19(22)20-16(2)15-21/h7-11,14,16,21H,3-6,12-13,15H2,1-2H3,(H,20,22)/b9-7-. The molecule has 1 aromatic carbocycles. The van der Waals surface area contributed by atoms with Gasteiger partial charge in [-0.3, -0.25) is 4.79 Å². The number of amides is 1. The Hall–Kier alpha value is -1.61. The Labute approximate surface area is 134 Å². The zero-order valence-corrected chi connectivity index (χ0v) is 13.8. The number of aliphatic hydroxyl groups excluding tert-OH is 1. The van der Waals surface area contributed by atoms with E-state index in [0.29, 0.717) is 6.42 Å². The molecule has 122 valence electrons. The topological polar surface area (TPSA) is 49.3 Å². The van der Waals surface area contributed by atoms with Crippen LogP contribution >= 0.6 is 0 Å². The van der Waals surface area contributed by atoms with Crippen LogP contribution in [0.2, 0.25) is 0 Å². The van der Waals surface area contributed by atoms with Gasteiger partial charge in [0.15, 0.2) is 0 Å². The molecule has 0 saturated carbocycles. The van der Waals surface area contributed by atoms with Crippen molar-refractivity contribution < 1.29 is 9.90 Å². The Morgan fingerprint density at radius 3 is 2.91 bits per heavy atom. The molecule has 0 spiro atoms. The lowest BCUT2D eigenvalue weighted by atomic mass is 10.1. The summed E-state index contributed by atoms with van der Waals surface area (Å²) in [4.78, 5) is 11.7. The molecule has 1 aromatic rings. The van der Waals surface area contributed by atoms with Gasteiger partial charge in [-0.25, -0.2) is 0 Å². The van der Waals surface area contributed by atoms with E-state index < -0.39 is 0 Å². The third-order valence-electron chi connectivity index (χ3n) is 3.56. The summed E-state index contributed by atoms with van der Waals surface area (Å²) >= 11 is 0. The van der Waals surface area contributed by atoms with Crippen molar-refractivity contribution in [2.24, 2.45) is 0 Å². The Morgan fingerprint density at radius 2 is 2.18 bits per heavy atom. The number of unbranched alkanes of at least 4 members (excludes halogenated alkanes) is 3. The minimum atomic E-state index is -0.176. The Morgan fingerprint density at radius 1 is 1.36 bits per heavy atom. The van der Waals surface area contributed by atoms with Crippen LogP contribution in [-0.4, -0.2) is 23.7 Å². The quantitative estimate of drug-likeness (QED) is 0.647. The van der Waals surface area contributed by atoms with Crippen LogP contribution < -0.4 is 5.32 Å². The van der Waals surface area contributed by atoms with Crippen molar-refractivity contribution in [3.05, 3.63) is 41.5 Å². The maximum absolute atomic E-state index is 11.7. The summed E-state index contributed by atoms with van der Waals surface area (Å²) < 4.78 is 0. The van der Waals surface area contributed by atoms with Gasteiger partial charge in [0, 0.05) is 12.5 Å². The van der Waals surface area contributed by atoms with Crippen LogP contribution in [0.15, 0.2) is 30.3 Å². The maximum Gasteiger partial charge on any atom is 0.220 e. The fourth-order valence-corrected chi connectivity index (χ4v) is 2.23. The number of hydrogen-bond donors (Lipinski definition) is 2. The highest BCUT2D eigenvalue weighted by molar-refractivity contribution is 5.76. The van der Waals surface area contributed by atoms with E-state index in [1.54, 1.807) is 6.92 Å². The first kappa shape index (κ1) is 18.4. The van der Waals surface area contributed by atoms with Crippen LogP contribution in [0.1, 0.15) is 57.1 Å². The molecule has 0 heterocycles. The molecule has 0 radical (unpaired) electrons. The minimum absolute atomic E-state index is 0.0120. The first-order valence-corrected chi connectivity index (χ1v) is 8.31. The number of hydrogen-bond acceptors (Lipinski definition) is 2. The van der Waals surface area contributed by atoms with Gasteiger partial charge in [-0.15, -0.1) is 0 Å². The fourth-order valence-electron chi connectivity index (χ4n) is 2.23. The third-order valence-corrected chi connectivity index (χ3v) is 3.56. The number of rotatable bonds is 10. The summed E-state index contributed by atoms with van der Waals surface area (Å²) in [7, 11) is 0. The number of aliphatic hydroxyl groups is 1. The lowest BCUT2D eigenvalue weighted by Gasteiger charge is -2.10. The van der Waals surface area contributed by atoms with Crippen LogP contribution in [0, 0.1) is 0 Å². The Balaban J connectivity index is 2.42. The average Bonchev–Trinajstić information content (AvgIpc) is 2.53. The van der Waals surface area contributed by atoms with Crippen molar-refractivity contribution in [2.45, 2.75) is 58.4 Å². The Kier molecular flexibility index (Phi) is 9.24. The normalized spacial score (nSPS) is 12.5. The average molecular weight is 303 g/mol. The molecule has 0 fully saturated rings. The number of benzene rings is 1. The van der Waals surface area contributed by atoms with Gasteiger partial charge in [-0.05, 0) is 37.3 Å². The van der Waals surface area contributed by atoms with Crippen molar-refractivity contribution >= 4 is 12.0 Å². The van der Waals surface area contributed by atoms with Gasteiger partial charge >= 0.3 is 0 Å². The molecule has 0 aliphatic heterocycles. The van der Waals surface area contributed by atoms with Crippen molar-refractivity contribution in [3.8, 4) is 0 Å². The second-order valence-corrected chi connectivity index (χ2v) is 5.79. The molecule has 0 saturated heterocycles. The largest absolute Gasteiger partial charge is 0.394 e.